The van der Waals surface area contributed by atoms with Crippen molar-refractivity contribution in [3.8, 4) is 0 Å². The van der Waals surface area contributed by atoms with Crippen LogP contribution in [0, 0.1) is 13.8 Å². The molecule has 0 bridgehead atoms. The monoisotopic (exact) mass is 473 g/mol. The Bertz CT molecular complexity index is 1330. The van der Waals surface area contributed by atoms with Gasteiger partial charge in [0, 0.05) is 16.9 Å². The smallest absolute Gasteiger partial charge is 0.283 e. The summed E-state index contributed by atoms with van der Waals surface area (Å²) in [7, 11) is 0. The van der Waals surface area contributed by atoms with Gasteiger partial charge in [-0.1, -0.05) is 48.9 Å². The molecule has 0 saturated carbocycles. The predicted octanol–water partition coefficient (Wildman–Crippen LogP) is 5.55. The van der Waals surface area contributed by atoms with Gasteiger partial charge < -0.3 is 10.6 Å². The van der Waals surface area contributed by atoms with Crippen LogP contribution in [0.25, 0.3) is 0 Å². The van der Waals surface area contributed by atoms with Crippen molar-refractivity contribution in [2.45, 2.75) is 27.2 Å². The molecule has 0 aliphatic carbocycles. The van der Waals surface area contributed by atoms with Crippen LogP contribution in [0.5, 0.6) is 0 Å². The fraction of sp³-hybridized carbons (Fsp3) is 0.148. The summed E-state index contributed by atoms with van der Waals surface area (Å²) in [5, 5.41) is 5.65. The van der Waals surface area contributed by atoms with Crippen molar-refractivity contribution in [3.63, 3.8) is 0 Å². The Hall–Kier alpha value is -3.90. The Labute approximate surface area is 203 Å². The highest BCUT2D eigenvalue weighted by atomic mass is 35.5. The molecule has 3 aromatic carbocycles. The van der Waals surface area contributed by atoms with Gasteiger partial charge in [-0.05, 0) is 73.4 Å². The van der Waals surface area contributed by atoms with E-state index in [1.807, 2.05) is 51.1 Å². The minimum Gasteiger partial charge on any atom is -0.350 e. The molecule has 4 rings (SSSR count). The molecular formula is C27H24ClN3O3. The topological polar surface area (TPSA) is 78.5 Å². The average molecular weight is 474 g/mol. The Morgan fingerprint density at radius 2 is 1.65 bits per heavy atom. The van der Waals surface area contributed by atoms with Crippen molar-refractivity contribution in [2.24, 2.45) is 0 Å². The summed E-state index contributed by atoms with van der Waals surface area (Å²) < 4.78 is 0. The molecule has 1 heterocycles. The van der Waals surface area contributed by atoms with Gasteiger partial charge in [-0.15, -0.1) is 0 Å². The lowest BCUT2D eigenvalue weighted by Crippen LogP contribution is -2.32. The van der Waals surface area contributed by atoms with Gasteiger partial charge in [-0.3, -0.25) is 14.4 Å². The predicted molar refractivity (Wildman–Crippen MR) is 135 cm³/mol. The Kier molecular flexibility index (Phi) is 6.52. The molecule has 0 unspecified atom stereocenters. The third-order valence-corrected chi connectivity index (χ3v) is 6.23. The average Bonchev–Trinajstić information content (AvgIpc) is 3.05. The van der Waals surface area contributed by atoms with Gasteiger partial charge in [0.05, 0.1) is 5.69 Å². The first-order valence-corrected chi connectivity index (χ1v) is 11.3. The van der Waals surface area contributed by atoms with E-state index in [0.29, 0.717) is 16.9 Å². The van der Waals surface area contributed by atoms with Crippen molar-refractivity contribution >= 4 is 46.4 Å². The number of halogens is 1. The van der Waals surface area contributed by atoms with Gasteiger partial charge in [-0.25, -0.2) is 4.90 Å². The van der Waals surface area contributed by atoms with Gasteiger partial charge in [0.2, 0.25) is 0 Å². The molecule has 0 spiro atoms. The van der Waals surface area contributed by atoms with Crippen LogP contribution in [-0.4, -0.2) is 17.7 Å². The van der Waals surface area contributed by atoms with E-state index < -0.39 is 11.8 Å². The highest BCUT2D eigenvalue weighted by Crippen LogP contribution is 2.30. The Morgan fingerprint density at radius 3 is 2.35 bits per heavy atom. The quantitative estimate of drug-likeness (QED) is 0.460. The lowest BCUT2D eigenvalue weighted by atomic mass is 10.1. The maximum absolute atomic E-state index is 13.0. The fourth-order valence-electron chi connectivity index (χ4n) is 3.69. The van der Waals surface area contributed by atoms with Crippen molar-refractivity contribution in [2.75, 3.05) is 15.5 Å². The molecule has 1 aliphatic heterocycles. The molecule has 6 nitrogen and oxygen atoms in total. The van der Waals surface area contributed by atoms with Crippen LogP contribution in [0.1, 0.15) is 34.0 Å². The largest absolute Gasteiger partial charge is 0.350 e. The summed E-state index contributed by atoms with van der Waals surface area (Å²) in [5.74, 6) is -1.43. The molecule has 7 heteroatoms. The lowest BCUT2D eigenvalue weighted by Gasteiger charge is -2.15. The highest BCUT2D eigenvalue weighted by molar-refractivity contribution is 6.53. The number of benzene rings is 3. The number of carbonyl (C=O) groups excluding carboxylic acids is 3. The summed E-state index contributed by atoms with van der Waals surface area (Å²) >= 11 is 6.24. The number of aryl methyl sites for hydroxylation is 2. The zero-order valence-electron chi connectivity index (χ0n) is 19.1. The number of imide groups is 1. The van der Waals surface area contributed by atoms with Gasteiger partial charge in [-0.2, -0.15) is 0 Å². The van der Waals surface area contributed by atoms with Crippen molar-refractivity contribution < 1.29 is 14.4 Å². The van der Waals surface area contributed by atoms with Crippen molar-refractivity contribution in [1.29, 1.82) is 0 Å². The van der Waals surface area contributed by atoms with E-state index in [2.05, 4.69) is 10.6 Å². The number of carbonyl (C=O) groups is 3. The minimum atomic E-state index is -0.595. The first kappa shape index (κ1) is 23.3. The van der Waals surface area contributed by atoms with E-state index in [1.54, 1.807) is 36.4 Å². The molecule has 0 saturated heterocycles. The molecule has 1 aliphatic rings. The number of anilines is 3. The number of hydrogen-bond donors (Lipinski definition) is 2. The number of amides is 3. The first-order valence-electron chi connectivity index (χ1n) is 10.9. The van der Waals surface area contributed by atoms with Gasteiger partial charge in [0.15, 0.2) is 0 Å². The van der Waals surface area contributed by atoms with Gasteiger partial charge in [0.25, 0.3) is 17.7 Å². The molecular weight excluding hydrogens is 450 g/mol. The SMILES string of the molecule is CCc1ccc(N2C(=O)C(Cl)=C(Nc3cccc(C(=O)Nc4cccc(C)c4C)c3)C2=O)cc1. The van der Waals surface area contributed by atoms with Crippen LogP contribution in [-0.2, 0) is 16.0 Å². The summed E-state index contributed by atoms with van der Waals surface area (Å²) in [6.07, 6.45) is 0.849. The van der Waals surface area contributed by atoms with E-state index in [4.69, 9.17) is 11.6 Å². The van der Waals surface area contributed by atoms with E-state index in [9.17, 15) is 14.4 Å². The number of rotatable bonds is 6. The molecule has 172 valence electrons. The summed E-state index contributed by atoms with van der Waals surface area (Å²) in [6.45, 7) is 5.95. The first-order chi connectivity index (χ1) is 16.3. The van der Waals surface area contributed by atoms with Crippen LogP contribution >= 0.6 is 11.6 Å². The van der Waals surface area contributed by atoms with Gasteiger partial charge in [0.1, 0.15) is 10.7 Å². The molecule has 0 radical (unpaired) electrons. The van der Waals surface area contributed by atoms with Crippen molar-refractivity contribution in [3.05, 3.63) is 99.7 Å². The van der Waals surface area contributed by atoms with E-state index >= 15 is 0 Å². The minimum absolute atomic E-state index is 0.0293. The molecule has 0 atom stereocenters. The highest BCUT2D eigenvalue weighted by Gasteiger charge is 2.39. The molecule has 2 N–H and O–H groups in total. The Morgan fingerprint density at radius 1 is 0.941 bits per heavy atom. The zero-order chi connectivity index (χ0) is 24.4. The molecule has 3 aromatic rings. The lowest BCUT2D eigenvalue weighted by molar-refractivity contribution is -0.120. The number of nitrogens with one attached hydrogen (secondary N) is 2. The molecule has 0 aromatic heterocycles. The van der Waals surface area contributed by atoms with Crippen LogP contribution in [0.3, 0.4) is 0 Å². The fourth-order valence-corrected chi connectivity index (χ4v) is 3.90. The van der Waals surface area contributed by atoms with E-state index in [1.165, 1.54) is 0 Å². The standard InChI is InChI=1S/C27H24ClN3O3/c1-4-18-11-13-21(14-12-18)31-26(33)23(28)24(27(31)34)29-20-9-6-8-19(15-20)25(32)30-22-10-5-7-16(2)17(22)3/h5-15,29H,4H2,1-3H3,(H,30,32). The van der Waals surface area contributed by atoms with Crippen LogP contribution in [0.2, 0.25) is 0 Å². The summed E-state index contributed by atoms with van der Waals surface area (Å²) in [5.41, 5.74) is 5.17. The number of hydrogen-bond acceptors (Lipinski definition) is 4. The second kappa shape index (κ2) is 9.53. The maximum Gasteiger partial charge on any atom is 0.283 e. The third-order valence-electron chi connectivity index (χ3n) is 5.88. The maximum atomic E-state index is 13.0. The normalized spacial score (nSPS) is 13.5. The molecule has 34 heavy (non-hydrogen) atoms. The van der Waals surface area contributed by atoms with Gasteiger partial charge >= 0.3 is 0 Å². The van der Waals surface area contributed by atoms with Crippen LogP contribution in [0.4, 0.5) is 17.1 Å². The van der Waals surface area contributed by atoms with E-state index in [0.717, 1.165) is 33.7 Å². The summed E-state index contributed by atoms with van der Waals surface area (Å²) in [6, 6.07) is 19.6. The summed E-state index contributed by atoms with van der Waals surface area (Å²) in [4.78, 5) is 39.6. The second-order valence-corrected chi connectivity index (χ2v) is 8.44. The van der Waals surface area contributed by atoms with E-state index in [-0.39, 0.29) is 16.6 Å². The number of nitrogens with zero attached hydrogens (tertiary/aromatic N) is 1. The third kappa shape index (κ3) is 4.45. The van der Waals surface area contributed by atoms with Crippen LogP contribution < -0.4 is 15.5 Å². The molecule has 0 fully saturated rings. The molecule has 3 amide bonds. The Balaban J connectivity index is 1.54. The van der Waals surface area contributed by atoms with Crippen LogP contribution in [0.15, 0.2) is 77.5 Å². The van der Waals surface area contributed by atoms with Crippen molar-refractivity contribution in [1.82, 2.24) is 0 Å². The second-order valence-electron chi connectivity index (χ2n) is 8.06. The zero-order valence-corrected chi connectivity index (χ0v) is 19.9.